The molecule has 0 aliphatic heterocycles. The molecule has 4 nitrogen and oxygen atoms in total. The van der Waals surface area contributed by atoms with E-state index in [1.165, 1.54) is 0 Å². The first-order valence-corrected chi connectivity index (χ1v) is 6.84. The highest BCUT2D eigenvalue weighted by atomic mass is 35.5. The van der Waals surface area contributed by atoms with Crippen molar-refractivity contribution in [2.75, 3.05) is 5.32 Å². The molecule has 0 bridgehead atoms. The number of oxazole rings is 1. The van der Waals surface area contributed by atoms with Crippen molar-refractivity contribution in [1.29, 1.82) is 5.26 Å². The van der Waals surface area contributed by atoms with E-state index < -0.39 is 0 Å². The van der Waals surface area contributed by atoms with E-state index in [0.717, 1.165) is 12.0 Å². The highest BCUT2D eigenvalue weighted by Gasteiger charge is 2.13. The summed E-state index contributed by atoms with van der Waals surface area (Å²) in [5.41, 5.74) is 1.36. The van der Waals surface area contributed by atoms with Crippen molar-refractivity contribution in [3.05, 3.63) is 46.4 Å². The second kappa shape index (κ2) is 6.44. The van der Waals surface area contributed by atoms with E-state index in [-0.39, 0.29) is 0 Å². The van der Waals surface area contributed by atoms with Gasteiger partial charge in [-0.15, -0.1) is 0 Å². The standard InChI is InChI=1S/C15H16ClN3O/c1-10(2)7-14-19-13(8-17)15(20-14)18-9-11-3-5-12(16)6-4-11/h3-6,10,18H,7,9H2,1-2H3. The topological polar surface area (TPSA) is 61.9 Å². The zero-order valence-electron chi connectivity index (χ0n) is 11.5. The lowest BCUT2D eigenvalue weighted by atomic mass is 10.1. The maximum Gasteiger partial charge on any atom is 0.232 e. The second-order valence-corrected chi connectivity index (χ2v) is 5.41. The maximum absolute atomic E-state index is 9.07. The normalized spacial score (nSPS) is 10.6. The summed E-state index contributed by atoms with van der Waals surface area (Å²) in [7, 11) is 0. The Labute approximate surface area is 123 Å². The molecule has 0 atom stereocenters. The Kier molecular flexibility index (Phi) is 4.65. The van der Waals surface area contributed by atoms with Crippen LogP contribution in [0.4, 0.5) is 5.88 Å². The van der Waals surface area contributed by atoms with Gasteiger partial charge >= 0.3 is 0 Å². The van der Waals surface area contributed by atoms with Gasteiger partial charge in [0.2, 0.25) is 11.6 Å². The Balaban J connectivity index is 2.07. The molecule has 0 fully saturated rings. The molecule has 20 heavy (non-hydrogen) atoms. The molecule has 104 valence electrons. The van der Waals surface area contributed by atoms with Crippen molar-refractivity contribution in [3.63, 3.8) is 0 Å². The number of hydrogen-bond donors (Lipinski definition) is 1. The highest BCUT2D eigenvalue weighted by Crippen LogP contribution is 2.20. The summed E-state index contributed by atoms with van der Waals surface area (Å²) in [6.07, 6.45) is 0.720. The van der Waals surface area contributed by atoms with Crippen LogP contribution in [0.1, 0.15) is 31.0 Å². The minimum atomic E-state index is 0.301. The fraction of sp³-hybridized carbons (Fsp3) is 0.333. The van der Waals surface area contributed by atoms with Crippen molar-refractivity contribution in [1.82, 2.24) is 4.98 Å². The molecule has 1 N–H and O–H groups in total. The molecule has 0 aliphatic carbocycles. The molecule has 0 radical (unpaired) electrons. The Morgan fingerprint density at radius 3 is 2.65 bits per heavy atom. The summed E-state index contributed by atoms with van der Waals surface area (Å²) in [4.78, 5) is 4.18. The molecule has 1 heterocycles. The third-order valence-electron chi connectivity index (χ3n) is 2.73. The first-order chi connectivity index (χ1) is 9.58. The number of halogens is 1. The van der Waals surface area contributed by atoms with Crippen LogP contribution < -0.4 is 5.32 Å². The number of nitriles is 1. The van der Waals surface area contributed by atoms with Crippen molar-refractivity contribution in [2.24, 2.45) is 5.92 Å². The van der Waals surface area contributed by atoms with Crippen LogP contribution in [-0.4, -0.2) is 4.98 Å². The SMILES string of the molecule is CC(C)Cc1nc(C#N)c(NCc2ccc(Cl)cc2)o1. The monoisotopic (exact) mass is 289 g/mol. The van der Waals surface area contributed by atoms with Crippen molar-refractivity contribution < 1.29 is 4.42 Å². The molecule has 1 aromatic carbocycles. The zero-order chi connectivity index (χ0) is 14.5. The molecule has 0 aliphatic rings. The summed E-state index contributed by atoms with van der Waals surface area (Å²) < 4.78 is 5.59. The zero-order valence-corrected chi connectivity index (χ0v) is 12.2. The van der Waals surface area contributed by atoms with Gasteiger partial charge in [0.15, 0.2) is 5.89 Å². The molecule has 1 aromatic heterocycles. The fourth-order valence-electron chi connectivity index (χ4n) is 1.78. The van der Waals surface area contributed by atoms with Crippen molar-refractivity contribution in [3.8, 4) is 6.07 Å². The lowest BCUT2D eigenvalue weighted by Crippen LogP contribution is -1.99. The minimum Gasteiger partial charge on any atom is -0.424 e. The van der Waals surface area contributed by atoms with Crippen LogP contribution in [0.25, 0.3) is 0 Å². The third-order valence-corrected chi connectivity index (χ3v) is 2.98. The molecular formula is C15H16ClN3O. The van der Waals surface area contributed by atoms with Gasteiger partial charge in [-0.25, -0.2) is 4.98 Å². The quantitative estimate of drug-likeness (QED) is 0.903. The Bertz CT molecular complexity index is 611. The van der Waals surface area contributed by atoms with Crippen LogP contribution in [-0.2, 0) is 13.0 Å². The average Bonchev–Trinajstić information content (AvgIpc) is 2.79. The van der Waals surface area contributed by atoms with E-state index in [0.29, 0.717) is 35.0 Å². The number of benzene rings is 1. The molecule has 0 amide bonds. The molecule has 0 spiro atoms. The molecule has 2 aromatic rings. The fourth-order valence-corrected chi connectivity index (χ4v) is 1.91. The summed E-state index contributed by atoms with van der Waals surface area (Å²) in [5.74, 6) is 1.46. The Morgan fingerprint density at radius 1 is 1.35 bits per heavy atom. The largest absolute Gasteiger partial charge is 0.424 e. The number of hydrogen-bond acceptors (Lipinski definition) is 4. The van der Waals surface area contributed by atoms with Crippen LogP contribution >= 0.6 is 11.6 Å². The van der Waals surface area contributed by atoms with Gasteiger partial charge in [0.25, 0.3) is 0 Å². The van der Waals surface area contributed by atoms with Gasteiger partial charge in [-0.3, -0.25) is 0 Å². The van der Waals surface area contributed by atoms with Crippen LogP contribution in [0.3, 0.4) is 0 Å². The van der Waals surface area contributed by atoms with Gasteiger partial charge in [-0.1, -0.05) is 37.6 Å². The van der Waals surface area contributed by atoms with Crippen LogP contribution in [0.15, 0.2) is 28.7 Å². The van der Waals surface area contributed by atoms with E-state index in [2.05, 4.69) is 24.1 Å². The number of nitrogens with zero attached hydrogens (tertiary/aromatic N) is 2. The van der Waals surface area contributed by atoms with Crippen LogP contribution in [0, 0.1) is 17.2 Å². The smallest absolute Gasteiger partial charge is 0.232 e. The first-order valence-electron chi connectivity index (χ1n) is 6.46. The molecule has 0 saturated carbocycles. The number of nitrogens with one attached hydrogen (secondary N) is 1. The summed E-state index contributed by atoms with van der Waals surface area (Å²) >= 11 is 5.84. The number of rotatable bonds is 5. The maximum atomic E-state index is 9.07. The van der Waals surface area contributed by atoms with Crippen molar-refractivity contribution in [2.45, 2.75) is 26.8 Å². The molecule has 0 unspecified atom stereocenters. The minimum absolute atomic E-state index is 0.301. The van der Waals surface area contributed by atoms with E-state index >= 15 is 0 Å². The number of aromatic nitrogens is 1. The Morgan fingerprint density at radius 2 is 2.05 bits per heavy atom. The average molecular weight is 290 g/mol. The molecule has 0 saturated heterocycles. The summed E-state index contributed by atoms with van der Waals surface area (Å²) in [5, 5.41) is 12.9. The van der Waals surface area contributed by atoms with Gasteiger partial charge in [0.05, 0.1) is 0 Å². The highest BCUT2D eigenvalue weighted by molar-refractivity contribution is 6.30. The summed E-state index contributed by atoms with van der Waals surface area (Å²) in [6.45, 7) is 4.72. The van der Waals surface area contributed by atoms with Crippen molar-refractivity contribution >= 4 is 17.5 Å². The number of anilines is 1. The van der Waals surface area contributed by atoms with Crippen LogP contribution in [0.2, 0.25) is 5.02 Å². The lowest BCUT2D eigenvalue weighted by Gasteiger charge is -2.03. The second-order valence-electron chi connectivity index (χ2n) is 4.98. The van der Waals surface area contributed by atoms with Gasteiger partial charge in [0.1, 0.15) is 6.07 Å². The van der Waals surface area contributed by atoms with E-state index in [9.17, 15) is 0 Å². The lowest BCUT2D eigenvalue weighted by molar-refractivity contribution is 0.466. The van der Waals surface area contributed by atoms with Gasteiger partial charge in [-0.2, -0.15) is 5.26 Å². The van der Waals surface area contributed by atoms with Gasteiger partial charge in [0, 0.05) is 18.0 Å². The molecular weight excluding hydrogens is 274 g/mol. The van der Waals surface area contributed by atoms with E-state index in [1.54, 1.807) is 0 Å². The molecule has 2 rings (SSSR count). The van der Waals surface area contributed by atoms with E-state index in [4.69, 9.17) is 21.3 Å². The molecule has 5 heteroatoms. The predicted molar refractivity (Wildman–Crippen MR) is 78.5 cm³/mol. The van der Waals surface area contributed by atoms with Crippen LogP contribution in [0.5, 0.6) is 0 Å². The predicted octanol–water partition coefficient (Wildman–Crippen LogP) is 4.01. The third kappa shape index (κ3) is 3.75. The van der Waals surface area contributed by atoms with E-state index in [1.807, 2.05) is 30.3 Å². The van der Waals surface area contributed by atoms with Gasteiger partial charge in [-0.05, 0) is 23.6 Å². The first kappa shape index (κ1) is 14.4. The Hall–Kier alpha value is -1.99. The summed E-state index contributed by atoms with van der Waals surface area (Å²) in [6, 6.07) is 9.55. The van der Waals surface area contributed by atoms with Gasteiger partial charge < -0.3 is 9.73 Å².